The molecular weight excluding hydrogens is 347 g/mol. The van der Waals surface area contributed by atoms with Crippen LogP contribution in [-0.4, -0.2) is 12.4 Å². The summed E-state index contributed by atoms with van der Waals surface area (Å²) in [4.78, 5) is 12.1. The van der Waals surface area contributed by atoms with Gasteiger partial charge in [0.25, 0.3) is 15.6 Å². The van der Waals surface area contributed by atoms with Gasteiger partial charge >= 0.3 is 0 Å². The van der Waals surface area contributed by atoms with Crippen molar-refractivity contribution in [2.75, 3.05) is 0 Å². The highest BCUT2D eigenvalue weighted by atomic mass is 35.5. The van der Waals surface area contributed by atoms with Crippen molar-refractivity contribution in [2.45, 2.75) is 18.7 Å². The standard InChI is InChI=1S/C14H10Cl2N2O3S/c1-8-5-9(2)18(14(19)11(8)7-17)22(20,21)13-6-10(15)3-4-12(13)16/h3-6H,1-2H3. The molecule has 2 rings (SSSR count). The van der Waals surface area contributed by atoms with E-state index in [1.165, 1.54) is 25.1 Å². The van der Waals surface area contributed by atoms with Crippen LogP contribution in [0.1, 0.15) is 16.8 Å². The maximum Gasteiger partial charge on any atom is 0.282 e. The lowest BCUT2D eigenvalue weighted by Crippen LogP contribution is -2.31. The largest absolute Gasteiger partial charge is 0.282 e. The predicted molar refractivity (Wildman–Crippen MR) is 83.9 cm³/mol. The molecule has 2 aromatic rings. The van der Waals surface area contributed by atoms with Crippen LogP contribution in [0.25, 0.3) is 0 Å². The third kappa shape index (κ3) is 2.63. The summed E-state index contributed by atoms with van der Waals surface area (Å²) < 4.78 is 26.0. The molecule has 0 radical (unpaired) electrons. The first kappa shape index (κ1) is 16.6. The van der Waals surface area contributed by atoms with Gasteiger partial charge in [0.1, 0.15) is 16.5 Å². The number of hydrogen-bond donors (Lipinski definition) is 0. The van der Waals surface area contributed by atoms with E-state index in [1.54, 1.807) is 13.0 Å². The van der Waals surface area contributed by atoms with Crippen LogP contribution < -0.4 is 5.56 Å². The average molecular weight is 357 g/mol. The molecule has 114 valence electrons. The lowest BCUT2D eigenvalue weighted by atomic mass is 10.1. The highest BCUT2D eigenvalue weighted by Gasteiger charge is 2.25. The van der Waals surface area contributed by atoms with E-state index in [2.05, 4.69) is 0 Å². The quantitative estimate of drug-likeness (QED) is 0.828. The second kappa shape index (κ2) is 5.76. The van der Waals surface area contributed by atoms with Crippen LogP contribution in [0.3, 0.4) is 0 Å². The molecule has 0 spiro atoms. The fourth-order valence-electron chi connectivity index (χ4n) is 2.08. The van der Waals surface area contributed by atoms with Crippen molar-refractivity contribution in [3.63, 3.8) is 0 Å². The summed E-state index contributed by atoms with van der Waals surface area (Å²) in [5.74, 6) is 0. The number of aromatic nitrogens is 1. The Balaban J connectivity index is 2.90. The molecule has 0 saturated carbocycles. The predicted octanol–water partition coefficient (Wildman–Crippen LogP) is 2.88. The Labute approximate surface area is 137 Å². The molecule has 0 aliphatic carbocycles. The molecule has 0 atom stereocenters. The minimum Gasteiger partial charge on any atom is -0.267 e. The fourth-order valence-corrected chi connectivity index (χ4v) is 4.26. The molecule has 1 aromatic heterocycles. The smallest absolute Gasteiger partial charge is 0.267 e. The molecule has 1 heterocycles. The van der Waals surface area contributed by atoms with Gasteiger partial charge in [-0.15, -0.1) is 0 Å². The Morgan fingerprint density at radius 2 is 1.82 bits per heavy atom. The highest BCUT2D eigenvalue weighted by molar-refractivity contribution is 7.90. The number of pyridine rings is 1. The van der Waals surface area contributed by atoms with Gasteiger partial charge < -0.3 is 0 Å². The first-order valence-corrected chi connectivity index (χ1v) is 8.23. The summed E-state index contributed by atoms with van der Waals surface area (Å²) in [6, 6.07) is 7.11. The first-order valence-electron chi connectivity index (χ1n) is 6.04. The van der Waals surface area contributed by atoms with Gasteiger partial charge in [-0.2, -0.15) is 5.26 Å². The first-order chi connectivity index (χ1) is 10.2. The molecule has 1 aromatic carbocycles. The number of nitrogens with zero attached hydrogens (tertiary/aromatic N) is 2. The van der Waals surface area contributed by atoms with E-state index in [-0.39, 0.29) is 26.2 Å². The summed E-state index contributed by atoms with van der Waals surface area (Å²) in [7, 11) is -4.27. The summed E-state index contributed by atoms with van der Waals surface area (Å²) >= 11 is 11.7. The topological polar surface area (TPSA) is 79.9 Å². The molecule has 22 heavy (non-hydrogen) atoms. The minimum absolute atomic E-state index is 0.0604. The SMILES string of the molecule is Cc1cc(C)n(S(=O)(=O)c2cc(Cl)ccc2Cl)c(=O)c1C#N. The Hall–Kier alpha value is -1.81. The zero-order valence-corrected chi connectivity index (χ0v) is 13.9. The van der Waals surface area contributed by atoms with Gasteiger partial charge in [0.15, 0.2) is 0 Å². The minimum atomic E-state index is -4.27. The van der Waals surface area contributed by atoms with Gasteiger partial charge in [0, 0.05) is 10.7 Å². The molecule has 5 nitrogen and oxygen atoms in total. The molecule has 0 unspecified atom stereocenters. The fraction of sp³-hybridized carbons (Fsp3) is 0.143. The molecule has 0 amide bonds. The third-order valence-electron chi connectivity index (χ3n) is 3.06. The van der Waals surface area contributed by atoms with Crippen molar-refractivity contribution < 1.29 is 8.42 Å². The Bertz CT molecular complexity index is 973. The maximum atomic E-state index is 12.7. The monoisotopic (exact) mass is 356 g/mol. The van der Waals surface area contributed by atoms with E-state index in [0.717, 1.165) is 6.07 Å². The van der Waals surface area contributed by atoms with Gasteiger partial charge in [-0.25, -0.2) is 12.4 Å². The van der Waals surface area contributed by atoms with E-state index < -0.39 is 15.6 Å². The highest BCUT2D eigenvalue weighted by Crippen LogP contribution is 2.27. The number of aryl methyl sites for hydroxylation is 2. The number of nitriles is 1. The average Bonchev–Trinajstić information content (AvgIpc) is 2.40. The lowest BCUT2D eigenvalue weighted by molar-refractivity contribution is 0.583. The molecular formula is C14H10Cl2N2O3S. The van der Waals surface area contributed by atoms with Crippen LogP contribution in [0.4, 0.5) is 0 Å². The van der Waals surface area contributed by atoms with E-state index in [1.807, 2.05) is 0 Å². The van der Waals surface area contributed by atoms with Gasteiger partial charge in [-0.3, -0.25) is 4.79 Å². The molecule has 0 aliphatic rings. The summed E-state index contributed by atoms with van der Waals surface area (Å²) in [5.41, 5.74) is -0.547. The van der Waals surface area contributed by atoms with Crippen molar-refractivity contribution in [1.29, 1.82) is 5.26 Å². The lowest BCUT2D eigenvalue weighted by Gasteiger charge is -2.13. The second-order valence-electron chi connectivity index (χ2n) is 4.60. The number of hydrogen-bond acceptors (Lipinski definition) is 4. The molecule has 8 heteroatoms. The van der Waals surface area contributed by atoms with Crippen LogP contribution >= 0.6 is 23.2 Å². The summed E-state index contributed by atoms with van der Waals surface area (Å²) in [6.07, 6.45) is 0. The van der Waals surface area contributed by atoms with Gasteiger partial charge in [0.2, 0.25) is 0 Å². The summed E-state index contributed by atoms with van der Waals surface area (Å²) in [6.45, 7) is 3.03. The van der Waals surface area contributed by atoms with Crippen LogP contribution in [0.5, 0.6) is 0 Å². The molecule has 0 N–H and O–H groups in total. The Morgan fingerprint density at radius 1 is 1.18 bits per heavy atom. The van der Waals surface area contributed by atoms with E-state index in [9.17, 15) is 13.2 Å². The third-order valence-corrected chi connectivity index (χ3v) is 5.57. The summed E-state index contributed by atoms with van der Waals surface area (Å²) in [5, 5.41) is 9.15. The van der Waals surface area contributed by atoms with Crippen LogP contribution in [0, 0.1) is 25.2 Å². The second-order valence-corrected chi connectivity index (χ2v) is 7.20. The zero-order chi connectivity index (χ0) is 16.7. The van der Waals surface area contributed by atoms with Gasteiger partial charge in [-0.1, -0.05) is 23.2 Å². The van der Waals surface area contributed by atoms with Crippen LogP contribution in [-0.2, 0) is 10.0 Å². The van der Waals surface area contributed by atoms with Crippen LogP contribution in [0.2, 0.25) is 10.0 Å². The van der Waals surface area contributed by atoms with Gasteiger partial charge in [0.05, 0.1) is 5.02 Å². The Kier molecular flexibility index (Phi) is 4.34. The molecule has 0 saturated heterocycles. The number of benzene rings is 1. The number of halogens is 2. The molecule has 0 aliphatic heterocycles. The van der Waals surface area contributed by atoms with Crippen LogP contribution in [0.15, 0.2) is 34.0 Å². The normalized spacial score (nSPS) is 11.2. The van der Waals surface area contributed by atoms with Crippen molar-refractivity contribution in [1.82, 2.24) is 3.97 Å². The zero-order valence-electron chi connectivity index (χ0n) is 11.6. The van der Waals surface area contributed by atoms with E-state index in [0.29, 0.717) is 9.54 Å². The van der Waals surface area contributed by atoms with Crippen molar-refractivity contribution in [3.05, 3.63) is 61.5 Å². The van der Waals surface area contributed by atoms with Gasteiger partial charge in [-0.05, 0) is 43.7 Å². The van der Waals surface area contributed by atoms with Crippen molar-refractivity contribution in [2.24, 2.45) is 0 Å². The van der Waals surface area contributed by atoms with E-state index in [4.69, 9.17) is 28.5 Å². The molecule has 0 fully saturated rings. The van der Waals surface area contributed by atoms with E-state index >= 15 is 0 Å². The number of rotatable bonds is 2. The maximum absolute atomic E-state index is 12.7. The van der Waals surface area contributed by atoms with Crippen molar-refractivity contribution >= 4 is 33.2 Å². The Morgan fingerprint density at radius 3 is 2.41 bits per heavy atom. The van der Waals surface area contributed by atoms with Crippen molar-refractivity contribution in [3.8, 4) is 6.07 Å². The molecule has 0 bridgehead atoms.